The predicted molar refractivity (Wildman–Crippen MR) is 63.7 cm³/mol. The molecule has 0 N–H and O–H groups in total. The zero-order valence-electron chi connectivity index (χ0n) is 9.15. The number of rotatable bonds is 9. The van der Waals surface area contributed by atoms with Gasteiger partial charge in [0.1, 0.15) is 0 Å². The summed E-state index contributed by atoms with van der Waals surface area (Å²) in [6.07, 6.45) is 0.993. The first kappa shape index (κ1) is 13.6. The standard InChI is InChI=1S/C9H20N4S/c1-3-13(4-2)7-9-14-8-5-6-11-12-10/h3-9H2,1-2H3. The monoisotopic (exact) mass is 216 g/mol. The molecule has 0 aliphatic rings. The Morgan fingerprint density at radius 1 is 1.29 bits per heavy atom. The number of azide groups is 1. The lowest BCUT2D eigenvalue weighted by Crippen LogP contribution is -2.25. The molecule has 82 valence electrons. The minimum Gasteiger partial charge on any atom is -0.303 e. The molecular weight excluding hydrogens is 196 g/mol. The smallest absolute Gasteiger partial charge is 0.0265 e. The minimum absolute atomic E-state index is 0.634. The first-order valence-electron chi connectivity index (χ1n) is 5.16. The summed E-state index contributed by atoms with van der Waals surface area (Å²) in [7, 11) is 0. The molecule has 0 unspecified atom stereocenters. The van der Waals surface area contributed by atoms with E-state index in [2.05, 4.69) is 28.8 Å². The van der Waals surface area contributed by atoms with Gasteiger partial charge in [-0.2, -0.15) is 11.8 Å². The molecule has 0 saturated carbocycles. The summed E-state index contributed by atoms with van der Waals surface area (Å²) in [6, 6.07) is 0. The molecule has 0 atom stereocenters. The lowest BCUT2D eigenvalue weighted by molar-refractivity contribution is 0.324. The van der Waals surface area contributed by atoms with Gasteiger partial charge in [-0.25, -0.2) is 0 Å². The van der Waals surface area contributed by atoms with E-state index in [0.29, 0.717) is 6.54 Å². The highest BCUT2D eigenvalue weighted by Gasteiger charge is 1.97. The highest BCUT2D eigenvalue weighted by atomic mass is 32.2. The fourth-order valence-corrected chi connectivity index (χ4v) is 2.04. The lowest BCUT2D eigenvalue weighted by atomic mass is 10.5. The number of hydrogen-bond acceptors (Lipinski definition) is 3. The van der Waals surface area contributed by atoms with Gasteiger partial charge in [0.15, 0.2) is 0 Å². The lowest BCUT2D eigenvalue weighted by Gasteiger charge is -2.17. The van der Waals surface area contributed by atoms with E-state index in [1.807, 2.05) is 11.8 Å². The van der Waals surface area contributed by atoms with Crippen molar-refractivity contribution in [2.24, 2.45) is 5.11 Å². The van der Waals surface area contributed by atoms with Crippen LogP contribution in [0.25, 0.3) is 10.4 Å². The first-order valence-corrected chi connectivity index (χ1v) is 6.31. The molecule has 0 aliphatic carbocycles. The number of hydrogen-bond donors (Lipinski definition) is 0. The van der Waals surface area contributed by atoms with Crippen molar-refractivity contribution < 1.29 is 0 Å². The molecule has 14 heavy (non-hydrogen) atoms. The Bertz CT molecular complexity index is 164. The van der Waals surface area contributed by atoms with E-state index < -0.39 is 0 Å². The average molecular weight is 216 g/mol. The van der Waals surface area contributed by atoms with Crippen molar-refractivity contribution in [2.45, 2.75) is 20.3 Å². The molecule has 0 aromatic rings. The van der Waals surface area contributed by atoms with E-state index in [1.54, 1.807) is 0 Å². The third-order valence-electron chi connectivity index (χ3n) is 2.06. The Kier molecular flexibility index (Phi) is 10.4. The van der Waals surface area contributed by atoms with E-state index in [-0.39, 0.29) is 0 Å². The van der Waals surface area contributed by atoms with Crippen LogP contribution >= 0.6 is 11.8 Å². The molecule has 0 bridgehead atoms. The van der Waals surface area contributed by atoms with Gasteiger partial charge in [-0.05, 0) is 30.8 Å². The van der Waals surface area contributed by atoms with Gasteiger partial charge in [0.05, 0.1) is 0 Å². The van der Waals surface area contributed by atoms with E-state index in [9.17, 15) is 0 Å². The van der Waals surface area contributed by atoms with Crippen LogP contribution in [0.1, 0.15) is 20.3 Å². The maximum absolute atomic E-state index is 8.05. The highest BCUT2D eigenvalue weighted by Crippen LogP contribution is 2.03. The molecule has 0 heterocycles. The molecule has 0 aromatic heterocycles. The van der Waals surface area contributed by atoms with E-state index in [1.165, 1.54) is 12.3 Å². The molecule has 0 aliphatic heterocycles. The van der Waals surface area contributed by atoms with Gasteiger partial charge in [0.25, 0.3) is 0 Å². The Balaban J connectivity index is 3.15. The maximum Gasteiger partial charge on any atom is 0.0265 e. The first-order chi connectivity index (χ1) is 6.85. The predicted octanol–water partition coefficient (Wildman–Crippen LogP) is 2.76. The van der Waals surface area contributed by atoms with Crippen LogP contribution in [-0.4, -0.2) is 42.6 Å². The van der Waals surface area contributed by atoms with Gasteiger partial charge in [0.2, 0.25) is 0 Å². The van der Waals surface area contributed by atoms with Gasteiger partial charge in [-0.3, -0.25) is 0 Å². The van der Waals surface area contributed by atoms with Crippen LogP contribution in [0.5, 0.6) is 0 Å². The molecule has 5 heteroatoms. The van der Waals surface area contributed by atoms with Gasteiger partial charge in [-0.1, -0.05) is 19.0 Å². The average Bonchev–Trinajstić information content (AvgIpc) is 2.22. The van der Waals surface area contributed by atoms with E-state index >= 15 is 0 Å². The Hall–Kier alpha value is -0.380. The van der Waals surface area contributed by atoms with Crippen LogP contribution in [-0.2, 0) is 0 Å². The van der Waals surface area contributed by atoms with Crippen LogP contribution in [0.15, 0.2) is 5.11 Å². The van der Waals surface area contributed by atoms with Crippen molar-refractivity contribution in [3.05, 3.63) is 10.4 Å². The largest absolute Gasteiger partial charge is 0.303 e. The van der Waals surface area contributed by atoms with Crippen molar-refractivity contribution in [3.63, 3.8) is 0 Å². The summed E-state index contributed by atoms with van der Waals surface area (Å²) in [4.78, 5) is 5.13. The summed E-state index contributed by atoms with van der Waals surface area (Å²) < 4.78 is 0. The fraction of sp³-hybridized carbons (Fsp3) is 1.00. The van der Waals surface area contributed by atoms with Gasteiger partial charge in [-0.15, -0.1) is 0 Å². The molecule has 0 aromatic carbocycles. The molecule has 0 rings (SSSR count). The SMILES string of the molecule is CCN(CC)CCSCCCN=[N+]=[N-]. The minimum atomic E-state index is 0.634. The second-order valence-electron chi connectivity index (χ2n) is 2.95. The summed E-state index contributed by atoms with van der Waals surface area (Å²) in [5, 5.41) is 3.49. The van der Waals surface area contributed by atoms with Crippen LogP contribution in [0.3, 0.4) is 0 Å². The van der Waals surface area contributed by atoms with Gasteiger partial charge in [0, 0.05) is 23.8 Å². The van der Waals surface area contributed by atoms with Gasteiger partial charge >= 0.3 is 0 Å². The normalized spacial score (nSPS) is 10.2. The second kappa shape index (κ2) is 10.7. The van der Waals surface area contributed by atoms with Crippen molar-refractivity contribution in [3.8, 4) is 0 Å². The van der Waals surface area contributed by atoms with Crippen molar-refractivity contribution in [1.29, 1.82) is 0 Å². The molecule has 0 amide bonds. The topological polar surface area (TPSA) is 52.0 Å². The third-order valence-corrected chi connectivity index (χ3v) is 3.10. The quantitative estimate of drug-likeness (QED) is 0.257. The molecule has 0 saturated heterocycles. The summed E-state index contributed by atoms with van der Waals surface area (Å²) in [5.74, 6) is 2.28. The third kappa shape index (κ3) is 8.23. The van der Waals surface area contributed by atoms with Crippen LogP contribution in [0.2, 0.25) is 0 Å². The summed E-state index contributed by atoms with van der Waals surface area (Å²) in [6.45, 7) is 8.45. The zero-order chi connectivity index (χ0) is 10.6. The van der Waals surface area contributed by atoms with Gasteiger partial charge < -0.3 is 4.90 Å². The molecule has 0 radical (unpaired) electrons. The van der Waals surface area contributed by atoms with E-state index in [0.717, 1.165) is 25.3 Å². The molecule has 0 spiro atoms. The summed E-state index contributed by atoms with van der Waals surface area (Å²) >= 11 is 1.94. The van der Waals surface area contributed by atoms with Crippen molar-refractivity contribution in [1.82, 2.24) is 4.90 Å². The number of nitrogens with zero attached hydrogens (tertiary/aromatic N) is 4. The van der Waals surface area contributed by atoms with Crippen LogP contribution in [0, 0.1) is 0 Å². The number of thioether (sulfide) groups is 1. The Morgan fingerprint density at radius 2 is 2.00 bits per heavy atom. The van der Waals surface area contributed by atoms with Crippen LogP contribution < -0.4 is 0 Å². The second-order valence-corrected chi connectivity index (χ2v) is 4.17. The van der Waals surface area contributed by atoms with Crippen molar-refractivity contribution >= 4 is 11.8 Å². The maximum atomic E-state index is 8.05. The Morgan fingerprint density at radius 3 is 2.57 bits per heavy atom. The van der Waals surface area contributed by atoms with E-state index in [4.69, 9.17) is 5.53 Å². The molecular formula is C9H20N4S. The highest BCUT2D eigenvalue weighted by molar-refractivity contribution is 7.99. The summed E-state index contributed by atoms with van der Waals surface area (Å²) in [5.41, 5.74) is 8.05. The molecule has 0 fully saturated rings. The van der Waals surface area contributed by atoms with Crippen molar-refractivity contribution in [2.75, 3.05) is 37.7 Å². The van der Waals surface area contributed by atoms with Crippen LogP contribution in [0.4, 0.5) is 0 Å². The zero-order valence-corrected chi connectivity index (χ0v) is 9.96. The fourth-order valence-electron chi connectivity index (χ4n) is 1.12. The Labute approximate surface area is 90.7 Å². The molecule has 4 nitrogen and oxygen atoms in total.